The van der Waals surface area contributed by atoms with Gasteiger partial charge < -0.3 is 15.8 Å². The van der Waals surface area contributed by atoms with Crippen molar-refractivity contribution in [2.75, 3.05) is 33.3 Å². The van der Waals surface area contributed by atoms with Crippen molar-refractivity contribution >= 4 is 29.9 Å². The van der Waals surface area contributed by atoms with Crippen LogP contribution < -0.4 is 15.8 Å². The number of rotatable bonds is 7. The Morgan fingerprint density at radius 2 is 2.04 bits per heavy atom. The van der Waals surface area contributed by atoms with Gasteiger partial charge in [-0.2, -0.15) is 0 Å². The van der Waals surface area contributed by atoms with Crippen LogP contribution >= 0.6 is 24.0 Å². The first kappa shape index (κ1) is 20.0. The molecule has 1 unspecified atom stereocenters. The monoisotopic (exact) mass is 432 g/mol. The number of hydrogen-bond donors (Lipinski definition) is 2. The van der Waals surface area contributed by atoms with Crippen molar-refractivity contribution in [3.8, 4) is 5.75 Å². The molecule has 0 spiro atoms. The van der Waals surface area contributed by atoms with Gasteiger partial charge in [0.2, 0.25) is 0 Å². The molecule has 1 aromatic carbocycles. The van der Waals surface area contributed by atoms with Crippen LogP contribution in [-0.4, -0.2) is 44.1 Å². The topological polar surface area (TPSA) is 62.9 Å². The molecule has 1 aliphatic rings. The summed E-state index contributed by atoms with van der Waals surface area (Å²) in [5.41, 5.74) is 7.14. The fourth-order valence-electron chi connectivity index (χ4n) is 2.90. The van der Waals surface area contributed by atoms with Gasteiger partial charge in [-0.25, -0.2) is 0 Å². The molecule has 3 N–H and O–H groups in total. The van der Waals surface area contributed by atoms with Crippen LogP contribution in [0.25, 0.3) is 0 Å². The number of hydrogen-bond acceptors (Lipinski definition) is 3. The first-order valence-corrected chi connectivity index (χ1v) is 8.17. The van der Waals surface area contributed by atoms with Crippen molar-refractivity contribution in [1.82, 2.24) is 10.2 Å². The second-order valence-electron chi connectivity index (χ2n) is 5.65. The van der Waals surface area contributed by atoms with Gasteiger partial charge in [0.25, 0.3) is 0 Å². The van der Waals surface area contributed by atoms with Crippen LogP contribution in [0.4, 0.5) is 0 Å². The van der Waals surface area contributed by atoms with Gasteiger partial charge >= 0.3 is 0 Å². The highest BCUT2D eigenvalue weighted by Gasteiger charge is 2.25. The Morgan fingerprint density at radius 1 is 1.35 bits per heavy atom. The zero-order chi connectivity index (χ0) is 15.8. The highest BCUT2D eigenvalue weighted by molar-refractivity contribution is 14.0. The SMILES string of the molecule is CCCNC(N)=NCC(c1ccccc1OC)N1CCCC1.I. The van der Waals surface area contributed by atoms with E-state index in [1.165, 1.54) is 18.4 Å². The van der Waals surface area contributed by atoms with Gasteiger partial charge in [-0.05, 0) is 38.4 Å². The molecule has 6 heteroatoms. The predicted octanol–water partition coefficient (Wildman–Crippen LogP) is 2.76. The summed E-state index contributed by atoms with van der Waals surface area (Å²) >= 11 is 0. The van der Waals surface area contributed by atoms with Gasteiger partial charge in [0.1, 0.15) is 5.75 Å². The molecule has 23 heavy (non-hydrogen) atoms. The Bertz CT molecular complexity index is 489. The van der Waals surface area contributed by atoms with Crippen LogP contribution in [0.15, 0.2) is 29.3 Å². The van der Waals surface area contributed by atoms with Crippen molar-refractivity contribution < 1.29 is 4.74 Å². The third-order valence-electron chi connectivity index (χ3n) is 4.07. The van der Waals surface area contributed by atoms with E-state index in [0.717, 1.165) is 31.8 Å². The number of halogens is 1. The predicted molar refractivity (Wildman–Crippen MR) is 107 cm³/mol. The van der Waals surface area contributed by atoms with Crippen molar-refractivity contribution in [2.45, 2.75) is 32.2 Å². The van der Waals surface area contributed by atoms with Crippen LogP contribution in [0.5, 0.6) is 5.75 Å². The zero-order valence-corrected chi connectivity index (χ0v) is 16.5. The number of para-hydroxylation sites is 1. The molecule has 0 amide bonds. The van der Waals surface area contributed by atoms with Crippen molar-refractivity contribution in [3.63, 3.8) is 0 Å². The number of guanidine groups is 1. The van der Waals surface area contributed by atoms with Gasteiger partial charge in [-0.1, -0.05) is 25.1 Å². The van der Waals surface area contributed by atoms with Gasteiger partial charge in [-0.3, -0.25) is 9.89 Å². The van der Waals surface area contributed by atoms with E-state index < -0.39 is 0 Å². The van der Waals surface area contributed by atoms with E-state index in [9.17, 15) is 0 Å². The molecule has 1 aromatic rings. The van der Waals surface area contributed by atoms with Crippen LogP contribution in [0.1, 0.15) is 37.8 Å². The highest BCUT2D eigenvalue weighted by atomic mass is 127. The Hall–Kier alpha value is -1.02. The normalized spacial score (nSPS) is 16.7. The van der Waals surface area contributed by atoms with E-state index in [4.69, 9.17) is 10.5 Å². The summed E-state index contributed by atoms with van der Waals surface area (Å²) in [5, 5.41) is 3.14. The largest absolute Gasteiger partial charge is 0.496 e. The molecule has 5 nitrogen and oxygen atoms in total. The third-order valence-corrected chi connectivity index (χ3v) is 4.07. The van der Waals surface area contributed by atoms with Gasteiger partial charge in [0.05, 0.1) is 19.7 Å². The molecular formula is C17H29IN4O. The minimum atomic E-state index is 0. The summed E-state index contributed by atoms with van der Waals surface area (Å²) in [5.74, 6) is 1.45. The molecule has 0 bridgehead atoms. The van der Waals surface area contributed by atoms with Crippen LogP contribution in [-0.2, 0) is 0 Å². The average molecular weight is 432 g/mol. The lowest BCUT2D eigenvalue weighted by molar-refractivity contribution is 0.245. The number of nitrogens with zero attached hydrogens (tertiary/aromatic N) is 2. The standard InChI is InChI=1S/C17H28N4O.HI/c1-3-10-19-17(18)20-13-15(21-11-6-7-12-21)14-8-4-5-9-16(14)22-2;/h4-5,8-9,15H,3,6-7,10-13H2,1-2H3,(H3,18,19,20);1H. The number of nitrogens with one attached hydrogen (secondary N) is 1. The quantitative estimate of drug-likeness (QED) is 0.395. The number of nitrogens with two attached hydrogens (primary N) is 1. The average Bonchev–Trinajstić information content (AvgIpc) is 3.07. The zero-order valence-electron chi connectivity index (χ0n) is 14.1. The molecule has 0 saturated carbocycles. The molecule has 130 valence electrons. The van der Waals surface area contributed by atoms with E-state index in [1.807, 2.05) is 12.1 Å². The summed E-state index contributed by atoms with van der Waals surface area (Å²) in [7, 11) is 1.72. The number of likely N-dealkylation sites (tertiary alicyclic amines) is 1. The summed E-state index contributed by atoms with van der Waals surface area (Å²) in [4.78, 5) is 7.03. The minimum absolute atomic E-state index is 0. The molecule has 1 aliphatic heterocycles. The summed E-state index contributed by atoms with van der Waals surface area (Å²) in [6.45, 7) is 5.85. The molecule has 0 aromatic heterocycles. The minimum Gasteiger partial charge on any atom is -0.496 e. The lowest BCUT2D eigenvalue weighted by Crippen LogP contribution is -2.34. The third kappa shape index (κ3) is 5.84. The number of benzene rings is 1. The second kappa shape index (κ2) is 10.7. The summed E-state index contributed by atoms with van der Waals surface area (Å²) < 4.78 is 5.54. The molecule has 1 saturated heterocycles. The lowest BCUT2D eigenvalue weighted by Gasteiger charge is -2.28. The number of aliphatic imine (C=N–C) groups is 1. The molecule has 1 fully saturated rings. The molecular weight excluding hydrogens is 403 g/mol. The van der Waals surface area contributed by atoms with E-state index in [0.29, 0.717) is 12.5 Å². The second-order valence-corrected chi connectivity index (χ2v) is 5.65. The Balaban J connectivity index is 0.00000264. The fourth-order valence-corrected chi connectivity index (χ4v) is 2.90. The van der Waals surface area contributed by atoms with Gasteiger partial charge in [-0.15, -0.1) is 24.0 Å². The van der Waals surface area contributed by atoms with Crippen LogP contribution in [0, 0.1) is 0 Å². The van der Waals surface area contributed by atoms with Crippen LogP contribution in [0.3, 0.4) is 0 Å². The summed E-state index contributed by atoms with van der Waals surface area (Å²) in [6, 6.07) is 8.43. The fraction of sp³-hybridized carbons (Fsp3) is 0.588. The van der Waals surface area contributed by atoms with E-state index in [2.05, 4.69) is 34.3 Å². The molecule has 0 radical (unpaired) electrons. The molecule has 0 aliphatic carbocycles. The maximum atomic E-state index is 5.94. The van der Waals surface area contributed by atoms with E-state index in [1.54, 1.807) is 7.11 Å². The number of methoxy groups -OCH3 is 1. The number of ether oxygens (including phenoxy) is 1. The lowest BCUT2D eigenvalue weighted by atomic mass is 10.0. The van der Waals surface area contributed by atoms with Gasteiger partial charge in [0, 0.05) is 12.1 Å². The maximum Gasteiger partial charge on any atom is 0.188 e. The molecule has 1 heterocycles. The highest BCUT2D eigenvalue weighted by Crippen LogP contribution is 2.31. The Kier molecular flexibility index (Phi) is 9.31. The summed E-state index contributed by atoms with van der Waals surface area (Å²) in [6.07, 6.45) is 3.54. The van der Waals surface area contributed by atoms with E-state index >= 15 is 0 Å². The molecule has 2 rings (SSSR count). The Morgan fingerprint density at radius 3 is 2.70 bits per heavy atom. The molecule has 1 atom stereocenters. The van der Waals surface area contributed by atoms with Crippen molar-refractivity contribution in [1.29, 1.82) is 0 Å². The smallest absolute Gasteiger partial charge is 0.188 e. The van der Waals surface area contributed by atoms with Crippen LogP contribution in [0.2, 0.25) is 0 Å². The van der Waals surface area contributed by atoms with Crippen molar-refractivity contribution in [2.24, 2.45) is 10.7 Å². The van der Waals surface area contributed by atoms with E-state index in [-0.39, 0.29) is 30.0 Å². The van der Waals surface area contributed by atoms with Gasteiger partial charge in [0.15, 0.2) is 5.96 Å². The first-order chi connectivity index (χ1) is 10.8. The Labute approximate surface area is 156 Å². The van der Waals surface area contributed by atoms with Crippen molar-refractivity contribution in [3.05, 3.63) is 29.8 Å². The maximum absolute atomic E-state index is 5.94. The first-order valence-electron chi connectivity index (χ1n) is 8.17.